The van der Waals surface area contributed by atoms with Gasteiger partial charge in [0, 0.05) is 17.5 Å². The molecule has 0 atom stereocenters. The van der Waals surface area contributed by atoms with Crippen molar-refractivity contribution in [3.05, 3.63) is 58.9 Å². The van der Waals surface area contributed by atoms with E-state index in [1.807, 2.05) is 24.3 Å². The Kier molecular flexibility index (Phi) is 4.26. The molecular weight excluding hydrogens is 249 g/mol. The second-order valence-corrected chi connectivity index (χ2v) is 4.58. The van der Waals surface area contributed by atoms with Crippen LogP contribution in [-0.2, 0) is 6.42 Å². The van der Waals surface area contributed by atoms with Gasteiger partial charge in [-0.15, -0.1) is 0 Å². The molecule has 0 aliphatic rings. The fourth-order valence-electron chi connectivity index (χ4n) is 1.64. The molecule has 2 aromatic rings. The third kappa shape index (κ3) is 3.51. The Balaban J connectivity index is 1.90. The van der Waals surface area contributed by atoms with Gasteiger partial charge in [0.25, 0.3) is 0 Å². The molecular formula is C14H13BClFO. The summed E-state index contributed by atoms with van der Waals surface area (Å²) in [6, 6.07) is 12.5. The van der Waals surface area contributed by atoms with Crippen molar-refractivity contribution in [2.75, 3.05) is 6.61 Å². The summed E-state index contributed by atoms with van der Waals surface area (Å²) in [5.74, 6) is 0.315. The van der Waals surface area contributed by atoms with Crippen molar-refractivity contribution in [2.24, 2.45) is 0 Å². The van der Waals surface area contributed by atoms with Crippen LogP contribution < -0.4 is 10.2 Å². The molecule has 1 nitrogen and oxygen atoms in total. The first-order valence-electron chi connectivity index (χ1n) is 5.78. The van der Waals surface area contributed by atoms with Crippen LogP contribution in [0.5, 0.6) is 5.75 Å². The van der Waals surface area contributed by atoms with E-state index in [0.29, 0.717) is 22.8 Å². The van der Waals surface area contributed by atoms with Crippen molar-refractivity contribution >= 4 is 24.9 Å². The molecule has 0 saturated heterocycles. The van der Waals surface area contributed by atoms with Gasteiger partial charge in [-0.3, -0.25) is 0 Å². The third-order valence-electron chi connectivity index (χ3n) is 2.69. The van der Waals surface area contributed by atoms with E-state index in [1.165, 1.54) is 6.07 Å². The van der Waals surface area contributed by atoms with Crippen molar-refractivity contribution in [1.82, 2.24) is 0 Å². The standard InChI is InChI=1S/C14H13BClFO/c15-13-5-4-12(9-14(13)17)18-7-6-10-2-1-3-11(16)8-10/h1-5,8-9H,6-7,15H2. The predicted molar refractivity (Wildman–Crippen MR) is 75.2 cm³/mol. The highest BCUT2D eigenvalue weighted by Gasteiger charge is 2.00. The van der Waals surface area contributed by atoms with Crippen LogP contribution in [0.15, 0.2) is 42.5 Å². The molecule has 0 fully saturated rings. The highest BCUT2D eigenvalue weighted by molar-refractivity contribution is 6.32. The number of hydrogen-bond donors (Lipinski definition) is 0. The summed E-state index contributed by atoms with van der Waals surface area (Å²) in [7, 11) is 1.73. The van der Waals surface area contributed by atoms with Crippen LogP contribution in [0.3, 0.4) is 0 Å². The monoisotopic (exact) mass is 262 g/mol. The molecule has 4 heteroatoms. The van der Waals surface area contributed by atoms with E-state index in [2.05, 4.69) is 0 Å². The molecule has 0 aliphatic carbocycles. The van der Waals surface area contributed by atoms with Crippen molar-refractivity contribution in [1.29, 1.82) is 0 Å². The third-order valence-corrected chi connectivity index (χ3v) is 2.93. The Morgan fingerprint density at radius 2 is 2.00 bits per heavy atom. The van der Waals surface area contributed by atoms with Gasteiger partial charge in [0.05, 0.1) is 6.61 Å². The molecule has 0 radical (unpaired) electrons. The molecule has 92 valence electrons. The Hall–Kier alpha value is -1.48. The minimum Gasteiger partial charge on any atom is -0.493 e. The molecule has 0 unspecified atom stereocenters. The summed E-state index contributed by atoms with van der Waals surface area (Å²) in [6.07, 6.45) is 0.746. The number of benzene rings is 2. The van der Waals surface area contributed by atoms with Gasteiger partial charge in [0.2, 0.25) is 0 Å². The van der Waals surface area contributed by atoms with E-state index in [1.54, 1.807) is 20.0 Å². The zero-order valence-electron chi connectivity index (χ0n) is 10.1. The smallest absolute Gasteiger partial charge is 0.143 e. The zero-order valence-corrected chi connectivity index (χ0v) is 10.9. The van der Waals surface area contributed by atoms with Gasteiger partial charge >= 0.3 is 0 Å². The lowest BCUT2D eigenvalue weighted by atomic mass is 9.96. The Morgan fingerprint density at radius 1 is 1.17 bits per heavy atom. The number of rotatable bonds is 4. The molecule has 0 heterocycles. The van der Waals surface area contributed by atoms with Gasteiger partial charge in [0.15, 0.2) is 0 Å². The number of halogens is 2. The first-order chi connectivity index (χ1) is 8.65. The normalized spacial score (nSPS) is 10.3. The van der Waals surface area contributed by atoms with Gasteiger partial charge in [-0.25, -0.2) is 4.39 Å². The quantitative estimate of drug-likeness (QED) is 0.769. The van der Waals surface area contributed by atoms with E-state index >= 15 is 0 Å². The summed E-state index contributed by atoms with van der Waals surface area (Å²) in [6.45, 7) is 0.503. The lowest BCUT2D eigenvalue weighted by Gasteiger charge is -2.07. The molecule has 0 amide bonds. The van der Waals surface area contributed by atoms with E-state index < -0.39 is 0 Å². The van der Waals surface area contributed by atoms with E-state index in [0.717, 1.165) is 12.0 Å². The van der Waals surface area contributed by atoms with E-state index in [-0.39, 0.29) is 5.82 Å². The zero-order chi connectivity index (χ0) is 13.0. The average molecular weight is 263 g/mol. The molecule has 0 aromatic heterocycles. The summed E-state index contributed by atoms with van der Waals surface area (Å²) in [4.78, 5) is 0. The first-order valence-corrected chi connectivity index (χ1v) is 6.16. The van der Waals surface area contributed by atoms with Crippen molar-refractivity contribution < 1.29 is 9.13 Å². The van der Waals surface area contributed by atoms with Crippen LogP contribution in [0.25, 0.3) is 0 Å². The minimum absolute atomic E-state index is 0.241. The van der Waals surface area contributed by atoms with Crippen molar-refractivity contribution in [2.45, 2.75) is 6.42 Å². The molecule has 18 heavy (non-hydrogen) atoms. The van der Waals surface area contributed by atoms with Gasteiger partial charge in [-0.05, 0) is 23.8 Å². The highest BCUT2D eigenvalue weighted by atomic mass is 35.5. The maximum atomic E-state index is 13.3. The van der Waals surface area contributed by atoms with E-state index in [9.17, 15) is 4.39 Å². The fraction of sp³-hybridized carbons (Fsp3) is 0.143. The maximum absolute atomic E-state index is 13.3. The van der Waals surface area contributed by atoms with Crippen LogP contribution >= 0.6 is 11.6 Å². The SMILES string of the molecule is Bc1ccc(OCCc2cccc(Cl)c2)cc1F. The highest BCUT2D eigenvalue weighted by Crippen LogP contribution is 2.13. The van der Waals surface area contributed by atoms with Crippen LogP contribution in [0.1, 0.15) is 5.56 Å². The summed E-state index contributed by atoms with van der Waals surface area (Å²) < 4.78 is 18.8. The molecule has 2 aromatic carbocycles. The molecule has 0 spiro atoms. The molecule has 2 rings (SSSR count). The van der Waals surface area contributed by atoms with Crippen molar-refractivity contribution in [3.8, 4) is 5.75 Å². The Bertz CT molecular complexity index is 545. The molecule has 0 aliphatic heterocycles. The predicted octanol–water partition coefficient (Wildman–Crippen LogP) is 2.36. The topological polar surface area (TPSA) is 9.23 Å². The fourth-order valence-corrected chi connectivity index (χ4v) is 1.86. The Morgan fingerprint density at radius 3 is 2.72 bits per heavy atom. The van der Waals surface area contributed by atoms with Gasteiger partial charge in [0.1, 0.15) is 19.4 Å². The second kappa shape index (κ2) is 5.92. The second-order valence-electron chi connectivity index (χ2n) is 4.14. The molecule has 0 bridgehead atoms. The number of hydrogen-bond acceptors (Lipinski definition) is 1. The van der Waals surface area contributed by atoms with Gasteiger partial charge < -0.3 is 4.74 Å². The summed E-state index contributed by atoms with van der Waals surface area (Å²) >= 11 is 5.89. The van der Waals surface area contributed by atoms with Crippen LogP contribution in [0.4, 0.5) is 4.39 Å². The lowest BCUT2D eigenvalue weighted by molar-refractivity contribution is 0.320. The van der Waals surface area contributed by atoms with Gasteiger partial charge in [-0.1, -0.05) is 35.3 Å². The first kappa shape index (κ1) is 13.0. The summed E-state index contributed by atoms with van der Waals surface area (Å²) in [5.41, 5.74) is 1.73. The molecule has 0 saturated carbocycles. The summed E-state index contributed by atoms with van der Waals surface area (Å²) in [5, 5.41) is 0.717. The molecule has 0 N–H and O–H groups in total. The van der Waals surface area contributed by atoms with Gasteiger partial charge in [-0.2, -0.15) is 0 Å². The van der Waals surface area contributed by atoms with E-state index in [4.69, 9.17) is 16.3 Å². The largest absolute Gasteiger partial charge is 0.493 e. The van der Waals surface area contributed by atoms with Crippen LogP contribution in [-0.4, -0.2) is 14.5 Å². The lowest BCUT2D eigenvalue weighted by Crippen LogP contribution is -2.09. The maximum Gasteiger partial charge on any atom is 0.143 e. The average Bonchev–Trinajstić information content (AvgIpc) is 2.34. The number of ether oxygens (including phenoxy) is 1. The van der Waals surface area contributed by atoms with Crippen LogP contribution in [0, 0.1) is 5.82 Å². The van der Waals surface area contributed by atoms with Crippen molar-refractivity contribution in [3.63, 3.8) is 0 Å². The van der Waals surface area contributed by atoms with Crippen LogP contribution in [0.2, 0.25) is 5.02 Å². The Labute approximate surface area is 112 Å². The minimum atomic E-state index is -0.241.